The Morgan fingerprint density at radius 3 is 2.41 bits per heavy atom. The predicted molar refractivity (Wildman–Crippen MR) is 125 cm³/mol. The largest absolute Gasteiger partial charge is 0.493 e. The molecule has 0 saturated carbocycles. The van der Waals surface area contributed by atoms with Crippen LogP contribution in [0.4, 0.5) is 0 Å². The van der Waals surface area contributed by atoms with Gasteiger partial charge in [-0.2, -0.15) is 0 Å². The third-order valence-electron chi connectivity index (χ3n) is 5.64. The summed E-state index contributed by atoms with van der Waals surface area (Å²) < 4.78 is 10.5. The number of benzene rings is 1. The van der Waals surface area contributed by atoms with E-state index in [0.717, 1.165) is 36.1 Å². The van der Waals surface area contributed by atoms with Crippen LogP contribution >= 0.6 is 0 Å². The molecular weight excluding hydrogens is 408 g/mol. The van der Waals surface area contributed by atoms with Gasteiger partial charge in [0.2, 0.25) is 0 Å². The summed E-state index contributed by atoms with van der Waals surface area (Å²) in [5.41, 5.74) is 2.22. The average molecular weight is 443 g/mol. The highest BCUT2D eigenvalue weighted by Crippen LogP contribution is 2.19. The van der Waals surface area contributed by atoms with Crippen molar-refractivity contribution in [3.8, 4) is 5.75 Å². The Kier molecular flexibility index (Phi) is 7.90. The second-order valence-electron chi connectivity index (χ2n) is 8.23. The fourth-order valence-electron chi connectivity index (χ4n) is 3.90. The van der Waals surface area contributed by atoms with E-state index in [1.54, 1.807) is 9.13 Å². The van der Waals surface area contributed by atoms with Gasteiger partial charge in [0.05, 0.1) is 6.61 Å². The Morgan fingerprint density at radius 2 is 1.72 bits per heavy atom. The van der Waals surface area contributed by atoms with Crippen molar-refractivity contribution in [3.05, 3.63) is 56.0 Å². The molecule has 0 aliphatic heterocycles. The maximum absolute atomic E-state index is 13.3. The fraction of sp³-hybridized carbons (Fsp3) is 0.542. The van der Waals surface area contributed by atoms with Crippen molar-refractivity contribution >= 4 is 11.2 Å². The lowest BCUT2D eigenvalue weighted by atomic mass is 10.1. The molecule has 1 aromatic carbocycles. The number of fused-ring (bicyclic) bond motifs is 1. The van der Waals surface area contributed by atoms with Crippen molar-refractivity contribution in [3.63, 3.8) is 0 Å². The minimum atomic E-state index is -0.356. The first-order valence-electron chi connectivity index (χ1n) is 11.5. The zero-order valence-corrected chi connectivity index (χ0v) is 19.6. The molecule has 0 aliphatic carbocycles. The van der Waals surface area contributed by atoms with Crippen LogP contribution in [-0.2, 0) is 26.2 Å². The first-order valence-corrected chi connectivity index (χ1v) is 11.5. The molecule has 2 aromatic heterocycles. The van der Waals surface area contributed by atoms with Crippen LogP contribution in [0.25, 0.3) is 11.2 Å². The van der Waals surface area contributed by atoms with E-state index in [1.807, 2.05) is 39.0 Å². The Labute approximate surface area is 188 Å². The SMILES string of the molecule is CCCCn1c(=O)n(CCCOc2cc(C)ccc2C)c(=O)c2c1nc(CO)n2CCC. The number of ether oxygens (including phenoxy) is 1. The number of rotatable bonds is 11. The van der Waals surface area contributed by atoms with E-state index in [-0.39, 0.29) is 24.4 Å². The summed E-state index contributed by atoms with van der Waals surface area (Å²) in [6.45, 7) is 9.49. The van der Waals surface area contributed by atoms with Crippen molar-refractivity contribution in [2.45, 2.75) is 79.6 Å². The number of aliphatic hydroxyl groups is 1. The second-order valence-corrected chi connectivity index (χ2v) is 8.23. The molecule has 1 N–H and O–H groups in total. The van der Waals surface area contributed by atoms with Gasteiger partial charge in [0.15, 0.2) is 11.2 Å². The molecular formula is C24H34N4O4. The van der Waals surface area contributed by atoms with Gasteiger partial charge >= 0.3 is 5.69 Å². The van der Waals surface area contributed by atoms with Crippen LogP contribution in [0.3, 0.4) is 0 Å². The van der Waals surface area contributed by atoms with Crippen molar-refractivity contribution in [1.82, 2.24) is 18.7 Å². The molecule has 0 radical (unpaired) electrons. The van der Waals surface area contributed by atoms with Gasteiger partial charge in [-0.25, -0.2) is 9.78 Å². The Hall–Kier alpha value is -2.87. The highest BCUT2D eigenvalue weighted by molar-refractivity contribution is 5.71. The molecule has 0 saturated heterocycles. The lowest BCUT2D eigenvalue weighted by molar-refractivity contribution is 0.265. The summed E-state index contributed by atoms with van der Waals surface area (Å²) >= 11 is 0. The number of hydrogen-bond donors (Lipinski definition) is 1. The second kappa shape index (κ2) is 10.6. The van der Waals surface area contributed by atoms with Gasteiger partial charge in [-0.1, -0.05) is 32.4 Å². The lowest BCUT2D eigenvalue weighted by Crippen LogP contribution is -2.41. The van der Waals surface area contributed by atoms with Crippen LogP contribution in [0.1, 0.15) is 56.5 Å². The topological polar surface area (TPSA) is 91.3 Å². The molecule has 8 nitrogen and oxygen atoms in total. The molecule has 32 heavy (non-hydrogen) atoms. The molecule has 3 aromatic rings. The number of aliphatic hydroxyl groups excluding tert-OH is 1. The number of imidazole rings is 1. The molecule has 0 unspecified atom stereocenters. The number of unbranched alkanes of at least 4 members (excludes halogenated alkanes) is 1. The molecule has 0 bridgehead atoms. The Bertz CT molecular complexity index is 1190. The van der Waals surface area contributed by atoms with E-state index >= 15 is 0 Å². The summed E-state index contributed by atoms with van der Waals surface area (Å²) in [7, 11) is 0. The van der Waals surface area contributed by atoms with Gasteiger partial charge in [-0.15, -0.1) is 0 Å². The highest BCUT2D eigenvalue weighted by atomic mass is 16.5. The molecule has 0 aliphatic rings. The number of aryl methyl sites for hydroxylation is 4. The van der Waals surface area contributed by atoms with Gasteiger partial charge in [-0.3, -0.25) is 13.9 Å². The quantitative estimate of drug-likeness (QED) is 0.461. The summed E-state index contributed by atoms with van der Waals surface area (Å²) in [6, 6.07) is 6.05. The van der Waals surface area contributed by atoms with Crippen molar-refractivity contribution in [2.75, 3.05) is 6.61 Å². The predicted octanol–water partition coefficient (Wildman–Crippen LogP) is 3.15. The Balaban J connectivity index is 1.94. The van der Waals surface area contributed by atoms with Crippen molar-refractivity contribution < 1.29 is 9.84 Å². The maximum Gasteiger partial charge on any atom is 0.332 e. The first-order chi connectivity index (χ1) is 15.4. The molecule has 0 spiro atoms. The number of nitrogens with zero attached hydrogens (tertiary/aromatic N) is 4. The standard InChI is InChI=1S/C24H34N4O4/c1-5-7-12-27-22-21(26(11-6-2)20(16-29)25-22)23(30)28(24(27)31)13-8-14-32-19-15-17(3)9-10-18(19)4/h9-10,15,29H,5-8,11-14,16H2,1-4H3. The maximum atomic E-state index is 13.3. The summed E-state index contributed by atoms with van der Waals surface area (Å²) in [5.74, 6) is 1.24. The van der Waals surface area contributed by atoms with E-state index in [0.29, 0.717) is 43.1 Å². The van der Waals surface area contributed by atoms with Crippen LogP contribution in [0, 0.1) is 13.8 Å². The van der Waals surface area contributed by atoms with Crippen LogP contribution in [0.5, 0.6) is 5.75 Å². The third kappa shape index (κ3) is 4.80. The molecule has 0 atom stereocenters. The minimum Gasteiger partial charge on any atom is -0.493 e. The smallest absolute Gasteiger partial charge is 0.332 e. The highest BCUT2D eigenvalue weighted by Gasteiger charge is 2.20. The van der Waals surface area contributed by atoms with E-state index in [2.05, 4.69) is 11.9 Å². The first kappa shape index (κ1) is 23.8. The fourth-order valence-corrected chi connectivity index (χ4v) is 3.90. The molecule has 8 heteroatoms. The average Bonchev–Trinajstić information content (AvgIpc) is 3.14. The van der Waals surface area contributed by atoms with Gasteiger partial charge in [0.1, 0.15) is 18.2 Å². The van der Waals surface area contributed by atoms with Gasteiger partial charge in [0, 0.05) is 19.6 Å². The molecule has 174 valence electrons. The molecule has 0 fully saturated rings. The summed E-state index contributed by atoms with van der Waals surface area (Å²) in [6.07, 6.45) is 3.03. The van der Waals surface area contributed by atoms with Crippen LogP contribution in [-0.4, -0.2) is 30.4 Å². The molecule has 3 rings (SSSR count). The van der Waals surface area contributed by atoms with Crippen molar-refractivity contribution in [1.29, 1.82) is 0 Å². The Morgan fingerprint density at radius 1 is 0.969 bits per heavy atom. The number of aromatic nitrogens is 4. The molecule has 0 amide bonds. The van der Waals surface area contributed by atoms with Crippen molar-refractivity contribution in [2.24, 2.45) is 0 Å². The third-order valence-corrected chi connectivity index (χ3v) is 5.64. The molecule has 2 heterocycles. The lowest BCUT2D eigenvalue weighted by Gasteiger charge is -2.13. The van der Waals surface area contributed by atoms with E-state index in [4.69, 9.17) is 4.74 Å². The van der Waals surface area contributed by atoms with Gasteiger partial charge < -0.3 is 14.4 Å². The van der Waals surface area contributed by atoms with E-state index in [1.165, 1.54) is 4.57 Å². The van der Waals surface area contributed by atoms with Crippen LogP contribution in [0.2, 0.25) is 0 Å². The summed E-state index contributed by atoms with van der Waals surface area (Å²) in [5, 5.41) is 9.77. The number of hydrogen-bond acceptors (Lipinski definition) is 5. The van der Waals surface area contributed by atoms with Gasteiger partial charge in [-0.05, 0) is 50.3 Å². The van der Waals surface area contributed by atoms with Crippen LogP contribution < -0.4 is 16.0 Å². The van der Waals surface area contributed by atoms with Gasteiger partial charge in [0.25, 0.3) is 5.56 Å². The van der Waals surface area contributed by atoms with Crippen LogP contribution in [0.15, 0.2) is 27.8 Å². The minimum absolute atomic E-state index is 0.260. The zero-order valence-electron chi connectivity index (χ0n) is 19.6. The van der Waals surface area contributed by atoms with E-state index in [9.17, 15) is 14.7 Å². The normalized spacial score (nSPS) is 11.4. The van der Waals surface area contributed by atoms with E-state index < -0.39 is 0 Å². The monoisotopic (exact) mass is 442 g/mol. The summed E-state index contributed by atoms with van der Waals surface area (Å²) in [4.78, 5) is 31.0. The zero-order chi connectivity index (χ0) is 23.3.